The average Bonchev–Trinajstić information content (AvgIpc) is 3.00. The molecule has 0 aliphatic rings. The first-order valence-electron chi connectivity index (χ1n) is 7.10. The Hall–Kier alpha value is -1.81. The van der Waals surface area contributed by atoms with E-state index in [1.54, 1.807) is 6.26 Å². The highest BCUT2D eigenvalue weighted by atomic mass is 16.5. The van der Waals surface area contributed by atoms with Gasteiger partial charge in [-0.3, -0.25) is 0 Å². The molecule has 20 heavy (non-hydrogen) atoms. The fraction of sp³-hybridized carbons (Fsp3) is 0.438. The first-order chi connectivity index (χ1) is 9.95. The van der Waals surface area contributed by atoms with E-state index >= 15 is 0 Å². The fourth-order valence-electron chi connectivity index (χ4n) is 1.86. The van der Waals surface area contributed by atoms with Crippen LogP contribution in [0.1, 0.15) is 31.4 Å². The molecule has 0 aliphatic heterocycles. The van der Waals surface area contributed by atoms with Gasteiger partial charge >= 0.3 is 0 Å². The van der Waals surface area contributed by atoms with E-state index in [4.69, 9.17) is 14.0 Å². The molecular weight excluding hydrogens is 254 g/mol. The van der Waals surface area contributed by atoms with Gasteiger partial charge in [0, 0.05) is 12.7 Å². The summed E-state index contributed by atoms with van der Waals surface area (Å²) < 4.78 is 15.9. The fourth-order valence-corrected chi connectivity index (χ4v) is 1.86. The molecular formula is C16H21NO3. The van der Waals surface area contributed by atoms with E-state index in [0.29, 0.717) is 6.61 Å². The summed E-state index contributed by atoms with van der Waals surface area (Å²) in [7, 11) is 0. The maximum atomic E-state index is 5.63. The normalized spacial score (nSPS) is 10.6. The number of para-hydroxylation sites is 1. The molecule has 2 aromatic rings. The van der Waals surface area contributed by atoms with Crippen LogP contribution in [-0.4, -0.2) is 18.4 Å². The van der Waals surface area contributed by atoms with Crippen molar-refractivity contribution < 1.29 is 14.0 Å². The highest BCUT2D eigenvalue weighted by Gasteiger charge is 1.97. The predicted molar refractivity (Wildman–Crippen MR) is 76.6 cm³/mol. The second kappa shape index (κ2) is 9.15. The van der Waals surface area contributed by atoms with Crippen LogP contribution in [0.15, 0.2) is 47.2 Å². The summed E-state index contributed by atoms with van der Waals surface area (Å²) >= 11 is 0. The van der Waals surface area contributed by atoms with Gasteiger partial charge in [0.05, 0.1) is 13.2 Å². The zero-order valence-corrected chi connectivity index (χ0v) is 11.7. The van der Waals surface area contributed by atoms with E-state index in [-0.39, 0.29) is 0 Å². The molecule has 0 unspecified atom stereocenters. The number of nitrogens with zero attached hydrogens (tertiary/aromatic N) is 1. The Labute approximate surface area is 119 Å². The molecule has 0 atom stereocenters. The molecule has 0 aliphatic carbocycles. The Bertz CT molecular complexity index is 442. The van der Waals surface area contributed by atoms with Crippen molar-refractivity contribution in [2.24, 2.45) is 0 Å². The topological polar surface area (TPSA) is 44.5 Å². The van der Waals surface area contributed by atoms with Crippen LogP contribution < -0.4 is 4.74 Å². The molecule has 0 spiro atoms. The molecule has 0 N–H and O–H groups in total. The van der Waals surface area contributed by atoms with Crippen LogP contribution in [0.3, 0.4) is 0 Å². The lowest BCUT2D eigenvalue weighted by atomic mass is 10.2. The zero-order chi connectivity index (χ0) is 13.9. The summed E-state index contributed by atoms with van der Waals surface area (Å²) in [4.78, 5) is 0. The number of hydrogen-bond donors (Lipinski definition) is 0. The van der Waals surface area contributed by atoms with Gasteiger partial charge in [-0.1, -0.05) is 29.8 Å². The lowest BCUT2D eigenvalue weighted by molar-refractivity contribution is 0.111. The number of ether oxygens (including phenoxy) is 2. The molecule has 4 heteroatoms. The smallest absolute Gasteiger partial charge is 0.124 e. The van der Waals surface area contributed by atoms with Crippen molar-refractivity contribution >= 4 is 0 Å². The third-order valence-corrected chi connectivity index (χ3v) is 2.94. The minimum absolute atomic E-state index is 0.535. The standard InChI is InChI=1S/C16H21NO3/c1(6-11-18-14-15-10-13-20-17-15)2-7-12-19-16-8-4-3-5-9-16/h3-5,8-10,13H,1-2,6-7,11-12,14H2. The van der Waals surface area contributed by atoms with Crippen LogP contribution in [0.4, 0.5) is 0 Å². The predicted octanol–water partition coefficient (Wildman–Crippen LogP) is 3.83. The molecule has 1 aromatic heterocycles. The van der Waals surface area contributed by atoms with Crippen molar-refractivity contribution in [3.63, 3.8) is 0 Å². The summed E-state index contributed by atoms with van der Waals surface area (Å²) in [6.45, 7) is 2.09. The van der Waals surface area contributed by atoms with E-state index < -0.39 is 0 Å². The van der Waals surface area contributed by atoms with Gasteiger partial charge in [0.25, 0.3) is 0 Å². The van der Waals surface area contributed by atoms with Crippen molar-refractivity contribution in [1.29, 1.82) is 0 Å². The second-order valence-corrected chi connectivity index (χ2v) is 4.62. The molecule has 0 amide bonds. The summed E-state index contributed by atoms with van der Waals surface area (Å²) in [5.74, 6) is 0.948. The Kier molecular flexibility index (Phi) is 6.68. The summed E-state index contributed by atoms with van der Waals surface area (Å²) in [6.07, 6.45) is 6.05. The van der Waals surface area contributed by atoms with Gasteiger partial charge in [-0.25, -0.2) is 0 Å². The molecule has 1 aromatic carbocycles. The highest BCUT2D eigenvalue weighted by molar-refractivity contribution is 5.20. The quantitative estimate of drug-likeness (QED) is 0.618. The van der Waals surface area contributed by atoms with Gasteiger partial charge in [-0.15, -0.1) is 0 Å². The number of aromatic nitrogens is 1. The van der Waals surface area contributed by atoms with Crippen LogP contribution in [0.2, 0.25) is 0 Å². The SMILES string of the molecule is c1ccc(OCCCCCCOCc2ccon2)cc1. The molecule has 0 saturated heterocycles. The van der Waals surface area contributed by atoms with Crippen molar-refractivity contribution in [3.8, 4) is 5.75 Å². The van der Waals surface area contributed by atoms with Crippen LogP contribution in [0, 0.1) is 0 Å². The minimum atomic E-state index is 0.535. The highest BCUT2D eigenvalue weighted by Crippen LogP contribution is 2.09. The van der Waals surface area contributed by atoms with E-state index in [1.165, 1.54) is 6.42 Å². The van der Waals surface area contributed by atoms with Gasteiger partial charge in [-0.2, -0.15) is 0 Å². The number of hydrogen-bond acceptors (Lipinski definition) is 4. The van der Waals surface area contributed by atoms with E-state index in [0.717, 1.165) is 43.9 Å². The molecule has 0 bridgehead atoms. The Morgan fingerprint density at radius 3 is 2.45 bits per heavy atom. The van der Waals surface area contributed by atoms with Crippen LogP contribution in [0.25, 0.3) is 0 Å². The van der Waals surface area contributed by atoms with Gasteiger partial charge in [0.1, 0.15) is 17.7 Å². The van der Waals surface area contributed by atoms with Crippen LogP contribution >= 0.6 is 0 Å². The first kappa shape index (κ1) is 14.6. The lowest BCUT2D eigenvalue weighted by Crippen LogP contribution is -1.98. The Morgan fingerprint density at radius 2 is 1.70 bits per heavy atom. The monoisotopic (exact) mass is 275 g/mol. The van der Waals surface area contributed by atoms with Gasteiger partial charge in [0.2, 0.25) is 0 Å². The molecule has 2 rings (SSSR count). The second-order valence-electron chi connectivity index (χ2n) is 4.62. The van der Waals surface area contributed by atoms with Crippen molar-refractivity contribution in [3.05, 3.63) is 48.4 Å². The molecule has 0 radical (unpaired) electrons. The van der Waals surface area contributed by atoms with Gasteiger partial charge in [-0.05, 0) is 31.4 Å². The van der Waals surface area contributed by atoms with Crippen molar-refractivity contribution in [1.82, 2.24) is 5.16 Å². The van der Waals surface area contributed by atoms with Crippen LogP contribution in [0.5, 0.6) is 5.75 Å². The Balaban J connectivity index is 1.39. The number of unbranched alkanes of at least 4 members (excludes halogenated alkanes) is 3. The molecule has 108 valence electrons. The number of benzene rings is 1. The Morgan fingerprint density at radius 1 is 0.900 bits per heavy atom. The third kappa shape index (κ3) is 5.89. The van der Waals surface area contributed by atoms with E-state index in [9.17, 15) is 0 Å². The van der Waals surface area contributed by atoms with Gasteiger partial charge < -0.3 is 14.0 Å². The maximum Gasteiger partial charge on any atom is 0.124 e. The van der Waals surface area contributed by atoms with Crippen LogP contribution in [-0.2, 0) is 11.3 Å². The van der Waals surface area contributed by atoms with E-state index in [2.05, 4.69) is 5.16 Å². The molecule has 0 saturated carbocycles. The minimum Gasteiger partial charge on any atom is -0.494 e. The first-order valence-corrected chi connectivity index (χ1v) is 7.10. The van der Waals surface area contributed by atoms with Crippen molar-refractivity contribution in [2.75, 3.05) is 13.2 Å². The van der Waals surface area contributed by atoms with E-state index in [1.807, 2.05) is 36.4 Å². The molecule has 4 nitrogen and oxygen atoms in total. The molecule has 0 fully saturated rings. The molecule has 1 heterocycles. The number of rotatable bonds is 10. The van der Waals surface area contributed by atoms with Crippen molar-refractivity contribution in [2.45, 2.75) is 32.3 Å². The third-order valence-electron chi connectivity index (χ3n) is 2.94. The van der Waals surface area contributed by atoms with Gasteiger partial charge in [0.15, 0.2) is 0 Å². The summed E-state index contributed by atoms with van der Waals surface area (Å²) in [6, 6.07) is 11.8. The summed E-state index contributed by atoms with van der Waals surface area (Å²) in [5.41, 5.74) is 0.848. The average molecular weight is 275 g/mol. The largest absolute Gasteiger partial charge is 0.494 e. The lowest BCUT2D eigenvalue weighted by Gasteiger charge is -2.05. The zero-order valence-electron chi connectivity index (χ0n) is 11.7. The maximum absolute atomic E-state index is 5.63. The summed E-state index contributed by atoms with van der Waals surface area (Å²) in [5, 5.41) is 3.79.